The van der Waals surface area contributed by atoms with E-state index in [1.54, 1.807) is 0 Å². The Morgan fingerprint density at radius 3 is 1.33 bits per heavy atom. The lowest BCUT2D eigenvalue weighted by Gasteiger charge is -2.07. The second kappa shape index (κ2) is 7.41. The van der Waals surface area contributed by atoms with Gasteiger partial charge >= 0.3 is 0 Å². The largest absolute Gasteiger partial charge is 0.374 e. The molecule has 0 fully saturated rings. The molecule has 0 aliphatic heterocycles. The van der Waals surface area contributed by atoms with Gasteiger partial charge in [0.15, 0.2) is 12.6 Å². The van der Waals surface area contributed by atoms with Crippen molar-refractivity contribution >= 4 is 0 Å². The van der Waals surface area contributed by atoms with Crippen molar-refractivity contribution in [1.29, 1.82) is 0 Å². The van der Waals surface area contributed by atoms with Gasteiger partial charge in [0.25, 0.3) is 0 Å². The van der Waals surface area contributed by atoms with Gasteiger partial charge in [-0.05, 0) is 0 Å². The number of rotatable bonds is 7. The van der Waals surface area contributed by atoms with Crippen molar-refractivity contribution in [1.82, 2.24) is 0 Å². The molecule has 0 aliphatic rings. The van der Waals surface area contributed by atoms with Crippen molar-refractivity contribution in [3.05, 3.63) is 0 Å². The summed E-state index contributed by atoms with van der Waals surface area (Å²) >= 11 is 0. The fraction of sp³-hybridized carbons (Fsp3) is 1.00. The first-order chi connectivity index (χ1) is 5.63. The van der Waals surface area contributed by atoms with E-state index in [0.29, 0.717) is 0 Å². The van der Waals surface area contributed by atoms with Crippen LogP contribution < -0.4 is 0 Å². The molecule has 0 aromatic heterocycles. The van der Waals surface area contributed by atoms with Gasteiger partial charge in [0, 0.05) is 0 Å². The van der Waals surface area contributed by atoms with E-state index in [0.717, 1.165) is 0 Å². The fourth-order valence-corrected chi connectivity index (χ4v) is 0.495. The number of hydrogen-bond acceptors (Lipinski definition) is 6. The van der Waals surface area contributed by atoms with Gasteiger partial charge in [0.2, 0.25) is 0 Å². The summed E-state index contributed by atoms with van der Waals surface area (Å²) in [6.07, 6.45) is -2.96. The molecule has 0 aromatic carbocycles. The number of aliphatic hydroxyl groups is 4. The fourth-order valence-electron chi connectivity index (χ4n) is 0.495. The minimum Gasteiger partial charge on any atom is -0.374 e. The molecule has 0 saturated carbocycles. The van der Waals surface area contributed by atoms with Gasteiger partial charge in [0.05, 0.1) is 26.4 Å². The van der Waals surface area contributed by atoms with Crippen molar-refractivity contribution in [2.24, 2.45) is 0 Å². The topological polar surface area (TPSA) is 99.4 Å². The zero-order valence-corrected chi connectivity index (χ0v) is 6.59. The van der Waals surface area contributed by atoms with Crippen LogP contribution in [0.1, 0.15) is 0 Å². The predicted molar refractivity (Wildman–Crippen MR) is 38.1 cm³/mol. The zero-order valence-electron chi connectivity index (χ0n) is 6.59. The zero-order chi connectivity index (χ0) is 9.40. The van der Waals surface area contributed by atoms with Crippen molar-refractivity contribution in [3.63, 3.8) is 0 Å². The van der Waals surface area contributed by atoms with Gasteiger partial charge in [0.1, 0.15) is 0 Å². The maximum atomic E-state index is 8.31. The Morgan fingerprint density at radius 1 is 0.750 bits per heavy atom. The average Bonchev–Trinajstić information content (AvgIpc) is 1.95. The smallest absolute Gasteiger partial charge is 0.175 e. The van der Waals surface area contributed by atoms with Crippen LogP contribution in [0.3, 0.4) is 0 Å². The third-order valence-electron chi connectivity index (χ3n) is 0.906. The Kier molecular flexibility index (Phi) is 7.26. The quantitative estimate of drug-likeness (QED) is 0.260. The van der Waals surface area contributed by atoms with Crippen LogP contribution in [0.2, 0.25) is 0 Å². The lowest BCUT2D eigenvalue weighted by molar-refractivity contribution is -0.118. The van der Waals surface area contributed by atoms with Gasteiger partial charge in [-0.25, -0.2) is 0 Å². The third kappa shape index (κ3) is 9.76. The first-order valence-electron chi connectivity index (χ1n) is 3.50. The number of ether oxygens (including phenoxy) is 2. The van der Waals surface area contributed by atoms with Crippen molar-refractivity contribution in [2.75, 3.05) is 26.4 Å². The summed E-state index contributed by atoms with van der Waals surface area (Å²) in [5.41, 5.74) is 0. The highest BCUT2D eigenvalue weighted by Gasteiger charge is 1.98. The molecule has 12 heavy (non-hydrogen) atoms. The van der Waals surface area contributed by atoms with Crippen molar-refractivity contribution in [2.45, 2.75) is 12.6 Å². The molecule has 6 nitrogen and oxygen atoms in total. The molecule has 0 rings (SSSR count). The normalized spacial score (nSPS) is 11.5. The molecular weight excluding hydrogens is 168 g/mol. The Morgan fingerprint density at radius 2 is 1.08 bits per heavy atom. The van der Waals surface area contributed by atoms with Crippen LogP contribution in [0.15, 0.2) is 0 Å². The molecule has 0 spiro atoms. The first-order valence-corrected chi connectivity index (χ1v) is 3.50. The van der Waals surface area contributed by atoms with E-state index in [1.165, 1.54) is 0 Å². The van der Waals surface area contributed by atoms with E-state index in [2.05, 4.69) is 9.47 Å². The third-order valence-corrected chi connectivity index (χ3v) is 0.906. The highest BCUT2D eigenvalue weighted by molar-refractivity contribution is 4.35. The van der Waals surface area contributed by atoms with Crippen LogP contribution in [0.4, 0.5) is 0 Å². The molecule has 0 bridgehead atoms. The molecule has 0 saturated heterocycles. The van der Waals surface area contributed by atoms with Crippen LogP contribution in [0, 0.1) is 0 Å². The Bertz CT molecular complexity index is 82.0. The molecule has 0 radical (unpaired) electrons. The summed E-state index contributed by atoms with van der Waals surface area (Å²) in [4.78, 5) is 0. The van der Waals surface area contributed by atoms with Crippen molar-refractivity contribution in [3.8, 4) is 0 Å². The minimum atomic E-state index is -1.48. The molecule has 0 unspecified atom stereocenters. The Hall–Kier alpha value is -0.240. The molecule has 0 heterocycles. The lowest BCUT2D eigenvalue weighted by Crippen LogP contribution is -2.19. The van der Waals surface area contributed by atoms with E-state index >= 15 is 0 Å². The van der Waals surface area contributed by atoms with Gasteiger partial charge in [-0.3, -0.25) is 0 Å². The summed E-state index contributed by atoms with van der Waals surface area (Å²) in [5, 5.41) is 33.2. The summed E-state index contributed by atoms with van der Waals surface area (Å²) in [6.45, 7) is 0.0186. The molecular formula is C6H14O6. The maximum absolute atomic E-state index is 8.31. The number of hydrogen-bond donors (Lipinski definition) is 4. The number of aliphatic hydroxyl groups excluding tert-OH is 2. The first kappa shape index (κ1) is 11.8. The van der Waals surface area contributed by atoms with Gasteiger partial charge in [-0.1, -0.05) is 0 Å². The molecule has 6 heteroatoms. The monoisotopic (exact) mass is 182 g/mol. The summed E-state index contributed by atoms with van der Waals surface area (Å²) in [7, 11) is 0. The maximum Gasteiger partial charge on any atom is 0.175 e. The van der Waals surface area contributed by atoms with E-state index in [1.807, 2.05) is 0 Å². The molecule has 0 aromatic rings. The second-order valence-corrected chi connectivity index (χ2v) is 2.11. The molecule has 4 N–H and O–H groups in total. The SMILES string of the molecule is OC(O)COCCOCC(O)O. The van der Waals surface area contributed by atoms with Gasteiger partial charge < -0.3 is 29.9 Å². The standard InChI is InChI=1S/C6H14O6/c7-5(8)3-11-1-2-12-4-6(9)10/h5-10H,1-4H2. The van der Waals surface area contributed by atoms with Crippen LogP contribution in [0.5, 0.6) is 0 Å². The van der Waals surface area contributed by atoms with Crippen LogP contribution in [-0.4, -0.2) is 59.4 Å². The lowest BCUT2D eigenvalue weighted by atomic mass is 10.6. The molecule has 0 amide bonds. The van der Waals surface area contributed by atoms with E-state index in [4.69, 9.17) is 20.4 Å². The highest BCUT2D eigenvalue weighted by Crippen LogP contribution is 1.83. The van der Waals surface area contributed by atoms with Gasteiger partial charge in [-0.15, -0.1) is 0 Å². The Labute approximate surface area is 70.0 Å². The Balaban J connectivity index is 2.91. The van der Waals surface area contributed by atoms with Crippen LogP contribution in [-0.2, 0) is 9.47 Å². The van der Waals surface area contributed by atoms with Gasteiger partial charge in [-0.2, -0.15) is 0 Å². The van der Waals surface area contributed by atoms with E-state index in [-0.39, 0.29) is 26.4 Å². The van der Waals surface area contributed by atoms with Crippen LogP contribution >= 0.6 is 0 Å². The molecule has 0 aliphatic carbocycles. The predicted octanol–water partition coefficient (Wildman–Crippen LogP) is -2.36. The molecule has 0 atom stereocenters. The summed E-state index contributed by atoms with van der Waals surface area (Å²) in [6, 6.07) is 0. The molecule has 74 valence electrons. The van der Waals surface area contributed by atoms with E-state index in [9.17, 15) is 0 Å². The summed E-state index contributed by atoms with van der Waals surface area (Å²) < 4.78 is 9.38. The van der Waals surface area contributed by atoms with Crippen LogP contribution in [0.25, 0.3) is 0 Å². The average molecular weight is 182 g/mol. The second-order valence-electron chi connectivity index (χ2n) is 2.11. The summed E-state index contributed by atoms with van der Waals surface area (Å²) in [5.74, 6) is 0. The minimum absolute atomic E-state index is 0.176. The highest BCUT2D eigenvalue weighted by atomic mass is 16.6. The van der Waals surface area contributed by atoms with E-state index < -0.39 is 12.6 Å². The van der Waals surface area contributed by atoms with Crippen molar-refractivity contribution < 1.29 is 29.9 Å².